The van der Waals surface area contributed by atoms with E-state index in [4.69, 9.17) is 9.15 Å². The highest BCUT2D eigenvalue weighted by atomic mass is 32.2. The summed E-state index contributed by atoms with van der Waals surface area (Å²) < 4.78 is 50.7. The summed E-state index contributed by atoms with van der Waals surface area (Å²) in [5, 5.41) is 10.0. The van der Waals surface area contributed by atoms with Gasteiger partial charge in [0.2, 0.25) is 15.9 Å². The Balaban J connectivity index is 1.41. The van der Waals surface area contributed by atoms with E-state index in [2.05, 4.69) is 15.5 Å². The molecule has 1 aliphatic rings. The zero-order chi connectivity index (χ0) is 22.7. The smallest absolute Gasteiger partial charge is 0.322 e. The van der Waals surface area contributed by atoms with Crippen molar-refractivity contribution in [3.63, 3.8) is 0 Å². The van der Waals surface area contributed by atoms with Crippen LogP contribution in [-0.2, 0) is 14.8 Å². The van der Waals surface area contributed by atoms with Gasteiger partial charge in [-0.2, -0.15) is 4.31 Å². The predicted octanol–water partition coefficient (Wildman–Crippen LogP) is 2.93. The second kappa shape index (κ2) is 9.15. The van der Waals surface area contributed by atoms with Gasteiger partial charge in [-0.05, 0) is 61.4 Å². The first-order chi connectivity index (χ1) is 15.3. The van der Waals surface area contributed by atoms with Crippen LogP contribution >= 0.6 is 0 Å². The number of ether oxygens (including phenoxy) is 1. The number of nitrogens with zero attached hydrogens (tertiary/aromatic N) is 3. The third kappa shape index (κ3) is 4.85. The first-order valence-electron chi connectivity index (χ1n) is 9.92. The average Bonchev–Trinajstić information content (AvgIpc) is 3.46. The summed E-state index contributed by atoms with van der Waals surface area (Å²) in [6, 6.07) is 10.9. The van der Waals surface area contributed by atoms with Gasteiger partial charge in [-0.15, -0.1) is 5.10 Å². The van der Waals surface area contributed by atoms with Gasteiger partial charge in [0.15, 0.2) is 0 Å². The lowest BCUT2D eigenvalue weighted by Crippen LogP contribution is -2.34. The molecule has 168 valence electrons. The Labute approximate surface area is 184 Å². The molecule has 1 amide bonds. The van der Waals surface area contributed by atoms with Gasteiger partial charge in [-0.25, -0.2) is 12.8 Å². The molecule has 4 rings (SSSR count). The summed E-state index contributed by atoms with van der Waals surface area (Å²) in [4.78, 5) is 12.5. The minimum absolute atomic E-state index is 0.0749. The molecule has 1 unspecified atom stereocenters. The number of hydrogen-bond donors (Lipinski definition) is 1. The molecule has 1 atom stereocenters. The van der Waals surface area contributed by atoms with Crippen molar-refractivity contribution in [1.82, 2.24) is 14.5 Å². The Morgan fingerprint density at radius 3 is 2.53 bits per heavy atom. The van der Waals surface area contributed by atoms with Crippen LogP contribution in [0.1, 0.15) is 23.2 Å². The summed E-state index contributed by atoms with van der Waals surface area (Å²) >= 11 is 0. The molecule has 0 radical (unpaired) electrons. The van der Waals surface area contributed by atoms with E-state index in [1.807, 2.05) is 0 Å². The largest absolute Gasteiger partial charge is 0.403 e. The molecule has 2 heterocycles. The number of hydrogen-bond acceptors (Lipinski definition) is 7. The topological polar surface area (TPSA) is 115 Å². The molecule has 0 saturated carbocycles. The minimum atomic E-state index is -3.70. The third-order valence-corrected chi connectivity index (χ3v) is 6.88. The summed E-state index contributed by atoms with van der Waals surface area (Å²) in [7, 11) is -2.20. The fourth-order valence-electron chi connectivity index (χ4n) is 3.28. The molecule has 3 aromatic rings. The Bertz CT molecular complexity index is 1190. The van der Waals surface area contributed by atoms with E-state index in [0.29, 0.717) is 12.2 Å². The summed E-state index contributed by atoms with van der Waals surface area (Å²) in [6.07, 6.45) is 1.65. The number of rotatable bonds is 7. The van der Waals surface area contributed by atoms with Crippen LogP contribution in [0.4, 0.5) is 10.4 Å². The third-order valence-electron chi connectivity index (χ3n) is 5.05. The van der Waals surface area contributed by atoms with Crippen LogP contribution in [-0.4, -0.2) is 55.1 Å². The van der Waals surface area contributed by atoms with E-state index in [0.717, 1.165) is 12.8 Å². The first-order valence-corrected chi connectivity index (χ1v) is 11.4. The number of carbonyl (C=O) groups is 1. The summed E-state index contributed by atoms with van der Waals surface area (Å²) in [5.74, 6) is -0.822. The van der Waals surface area contributed by atoms with E-state index in [1.165, 1.54) is 59.9 Å². The van der Waals surface area contributed by atoms with Crippen LogP contribution in [0.25, 0.3) is 11.5 Å². The molecule has 0 bridgehead atoms. The van der Waals surface area contributed by atoms with Crippen LogP contribution in [0.3, 0.4) is 0 Å². The zero-order valence-corrected chi connectivity index (χ0v) is 18.0. The van der Waals surface area contributed by atoms with Crippen molar-refractivity contribution >= 4 is 21.9 Å². The monoisotopic (exact) mass is 460 g/mol. The summed E-state index contributed by atoms with van der Waals surface area (Å²) in [5.41, 5.74) is 0.716. The SMILES string of the molecule is CN(CC1CCCO1)S(=O)(=O)c1ccc(C(=O)Nc2nnc(-c3ccc(F)cc3)o2)cc1. The predicted molar refractivity (Wildman–Crippen MR) is 113 cm³/mol. The van der Waals surface area contributed by atoms with Gasteiger partial charge in [-0.3, -0.25) is 10.1 Å². The van der Waals surface area contributed by atoms with Gasteiger partial charge in [0, 0.05) is 31.3 Å². The normalized spacial score (nSPS) is 16.4. The van der Waals surface area contributed by atoms with Crippen LogP contribution in [0.15, 0.2) is 57.8 Å². The fraction of sp³-hybridized carbons (Fsp3) is 0.286. The number of aromatic nitrogens is 2. The van der Waals surface area contributed by atoms with Crippen molar-refractivity contribution in [3.05, 3.63) is 59.9 Å². The second-order valence-corrected chi connectivity index (χ2v) is 9.36. The van der Waals surface area contributed by atoms with Crippen molar-refractivity contribution < 1.29 is 26.8 Å². The molecule has 11 heteroatoms. The van der Waals surface area contributed by atoms with Crippen molar-refractivity contribution in [1.29, 1.82) is 0 Å². The van der Waals surface area contributed by atoms with Gasteiger partial charge in [-0.1, -0.05) is 5.10 Å². The van der Waals surface area contributed by atoms with E-state index in [1.54, 1.807) is 0 Å². The lowest BCUT2D eigenvalue weighted by atomic mass is 10.2. The maximum Gasteiger partial charge on any atom is 0.322 e. The van der Waals surface area contributed by atoms with Gasteiger partial charge < -0.3 is 9.15 Å². The number of amides is 1. The molecule has 1 aliphatic heterocycles. The average molecular weight is 460 g/mol. The zero-order valence-electron chi connectivity index (χ0n) is 17.2. The Hall–Kier alpha value is -3.15. The number of carbonyl (C=O) groups excluding carboxylic acids is 1. The molecule has 1 N–H and O–H groups in total. The molecular formula is C21H21FN4O5S. The number of likely N-dealkylation sites (N-methyl/N-ethyl adjacent to an activating group) is 1. The van der Waals surface area contributed by atoms with Gasteiger partial charge in [0.25, 0.3) is 5.91 Å². The highest BCUT2D eigenvalue weighted by Gasteiger charge is 2.26. The van der Waals surface area contributed by atoms with Gasteiger partial charge >= 0.3 is 6.01 Å². The molecular weight excluding hydrogens is 439 g/mol. The standard InChI is InChI=1S/C21H21FN4O5S/c1-26(13-17-3-2-12-30-17)32(28,29)18-10-6-14(7-11-18)19(27)23-21-25-24-20(31-21)15-4-8-16(22)9-5-15/h4-11,17H,2-3,12-13H2,1H3,(H,23,25,27). The van der Waals surface area contributed by atoms with E-state index in [-0.39, 0.29) is 35.0 Å². The maximum absolute atomic E-state index is 13.0. The van der Waals surface area contributed by atoms with Crippen molar-refractivity contribution in [2.75, 3.05) is 25.5 Å². The lowest BCUT2D eigenvalue weighted by molar-refractivity contribution is 0.0979. The molecule has 1 aromatic heterocycles. The highest BCUT2D eigenvalue weighted by Crippen LogP contribution is 2.22. The number of benzene rings is 2. The van der Waals surface area contributed by atoms with Crippen LogP contribution < -0.4 is 5.32 Å². The first kappa shape index (κ1) is 22.1. The minimum Gasteiger partial charge on any atom is -0.403 e. The molecule has 0 spiro atoms. The second-order valence-electron chi connectivity index (χ2n) is 7.32. The van der Waals surface area contributed by atoms with Crippen molar-refractivity contribution in [2.24, 2.45) is 0 Å². The van der Waals surface area contributed by atoms with E-state index < -0.39 is 21.7 Å². The van der Waals surface area contributed by atoms with Crippen LogP contribution in [0.5, 0.6) is 0 Å². The van der Waals surface area contributed by atoms with E-state index >= 15 is 0 Å². The van der Waals surface area contributed by atoms with Gasteiger partial charge in [0.1, 0.15) is 5.82 Å². The Kier molecular flexibility index (Phi) is 6.31. The van der Waals surface area contributed by atoms with Crippen molar-refractivity contribution in [3.8, 4) is 11.5 Å². The molecule has 32 heavy (non-hydrogen) atoms. The molecule has 1 saturated heterocycles. The maximum atomic E-state index is 13.0. The molecule has 1 fully saturated rings. The van der Waals surface area contributed by atoms with Crippen molar-refractivity contribution in [2.45, 2.75) is 23.8 Å². The number of sulfonamides is 1. The lowest BCUT2D eigenvalue weighted by Gasteiger charge is -2.20. The number of halogens is 1. The Morgan fingerprint density at radius 2 is 1.88 bits per heavy atom. The van der Waals surface area contributed by atoms with Crippen LogP contribution in [0, 0.1) is 5.82 Å². The molecule has 9 nitrogen and oxygen atoms in total. The number of anilines is 1. The highest BCUT2D eigenvalue weighted by molar-refractivity contribution is 7.89. The molecule has 2 aromatic carbocycles. The number of nitrogens with one attached hydrogen (secondary N) is 1. The Morgan fingerprint density at radius 1 is 1.16 bits per heavy atom. The quantitative estimate of drug-likeness (QED) is 0.576. The van der Waals surface area contributed by atoms with E-state index in [9.17, 15) is 17.6 Å². The van der Waals surface area contributed by atoms with Crippen LogP contribution in [0.2, 0.25) is 0 Å². The molecule has 0 aliphatic carbocycles. The summed E-state index contributed by atoms with van der Waals surface area (Å²) in [6.45, 7) is 0.923. The van der Waals surface area contributed by atoms with Gasteiger partial charge in [0.05, 0.1) is 11.0 Å². The fourth-order valence-corrected chi connectivity index (χ4v) is 4.49.